The second-order valence-corrected chi connectivity index (χ2v) is 4.31. The number of nitrogens with one attached hydrogen (secondary N) is 2. The second kappa shape index (κ2) is 5.92. The molecule has 19 heavy (non-hydrogen) atoms. The van der Waals surface area contributed by atoms with E-state index in [0.717, 1.165) is 12.1 Å². The lowest BCUT2D eigenvalue weighted by atomic mass is 10.2. The van der Waals surface area contributed by atoms with Crippen LogP contribution in [0.3, 0.4) is 0 Å². The Morgan fingerprint density at radius 1 is 1.37 bits per heavy atom. The number of phenols is 1. The lowest BCUT2D eigenvalue weighted by Crippen LogP contribution is -2.32. The molecule has 0 saturated heterocycles. The van der Waals surface area contributed by atoms with Crippen molar-refractivity contribution in [3.05, 3.63) is 23.8 Å². The first-order valence-corrected chi connectivity index (χ1v) is 5.63. The van der Waals surface area contributed by atoms with Gasteiger partial charge >= 0.3 is 6.18 Å². The fraction of sp³-hybridized carbons (Fsp3) is 0.417. The molecule has 0 unspecified atom stereocenters. The maximum Gasteiger partial charge on any atom is 0.416 e. The van der Waals surface area contributed by atoms with Crippen LogP contribution in [0.2, 0.25) is 0 Å². The molecule has 0 aliphatic carbocycles. The lowest BCUT2D eigenvalue weighted by Gasteiger charge is -2.12. The van der Waals surface area contributed by atoms with E-state index < -0.39 is 23.4 Å². The highest BCUT2D eigenvalue weighted by Gasteiger charge is 2.31. The molecule has 0 saturated carbocycles. The highest BCUT2D eigenvalue weighted by molar-refractivity contribution is 5.93. The van der Waals surface area contributed by atoms with Gasteiger partial charge in [-0.2, -0.15) is 13.2 Å². The molecule has 1 rings (SSSR count). The number of alkyl halides is 3. The molecule has 4 nitrogen and oxygen atoms in total. The fourth-order valence-electron chi connectivity index (χ4n) is 1.30. The zero-order valence-corrected chi connectivity index (χ0v) is 10.5. The maximum atomic E-state index is 12.5. The van der Waals surface area contributed by atoms with E-state index in [1.807, 2.05) is 13.8 Å². The van der Waals surface area contributed by atoms with Gasteiger partial charge in [0.05, 0.1) is 17.8 Å². The van der Waals surface area contributed by atoms with Crippen molar-refractivity contribution in [2.45, 2.75) is 26.1 Å². The molecule has 1 amide bonds. The monoisotopic (exact) mass is 276 g/mol. The van der Waals surface area contributed by atoms with Gasteiger partial charge in [-0.1, -0.05) is 13.8 Å². The van der Waals surface area contributed by atoms with Crippen LogP contribution in [0, 0.1) is 0 Å². The molecule has 0 aromatic heterocycles. The standard InChI is InChI=1S/C12H15F3N2O2/c1-7(2)16-6-11(19)17-9-5-8(12(13,14)15)3-4-10(9)18/h3-5,7,16,18H,6H2,1-2H3,(H,17,19). The summed E-state index contributed by atoms with van der Waals surface area (Å²) in [6.45, 7) is 3.61. The van der Waals surface area contributed by atoms with Crippen LogP contribution in [0.25, 0.3) is 0 Å². The fourth-order valence-corrected chi connectivity index (χ4v) is 1.30. The third-order valence-electron chi connectivity index (χ3n) is 2.27. The van der Waals surface area contributed by atoms with Crippen molar-refractivity contribution in [3.8, 4) is 5.75 Å². The number of carbonyl (C=O) groups is 1. The van der Waals surface area contributed by atoms with Crippen molar-refractivity contribution in [3.63, 3.8) is 0 Å². The van der Waals surface area contributed by atoms with Crippen LogP contribution in [0.1, 0.15) is 19.4 Å². The third-order valence-corrected chi connectivity index (χ3v) is 2.27. The molecule has 1 aromatic carbocycles. The molecular formula is C12H15F3N2O2. The number of anilines is 1. The van der Waals surface area contributed by atoms with Gasteiger partial charge in [-0.15, -0.1) is 0 Å². The van der Waals surface area contributed by atoms with E-state index in [1.165, 1.54) is 0 Å². The molecule has 0 fully saturated rings. The number of amides is 1. The summed E-state index contributed by atoms with van der Waals surface area (Å²) in [7, 11) is 0. The molecule has 0 bridgehead atoms. The summed E-state index contributed by atoms with van der Waals surface area (Å²) >= 11 is 0. The van der Waals surface area contributed by atoms with Gasteiger partial charge in [-0.25, -0.2) is 0 Å². The molecule has 0 aliphatic heterocycles. The smallest absolute Gasteiger partial charge is 0.416 e. The molecule has 0 spiro atoms. The number of carbonyl (C=O) groups excluding carboxylic acids is 1. The molecule has 7 heteroatoms. The van der Waals surface area contributed by atoms with Crippen LogP contribution in [-0.2, 0) is 11.0 Å². The first-order valence-electron chi connectivity index (χ1n) is 5.63. The van der Waals surface area contributed by atoms with Gasteiger partial charge in [-0.3, -0.25) is 4.79 Å². The minimum atomic E-state index is -4.52. The van der Waals surface area contributed by atoms with E-state index in [9.17, 15) is 23.1 Å². The van der Waals surface area contributed by atoms with Crippen LogP contribution < -0.4 is 10.6 Å². The van der Waals surface area contributed by atoms with Gasteiger partial charge in [0.1, 0.15) is 5.75 Å². The summed E-state index contributed by atoms with van der Waals surface area (Å²) < 4.78 is 37.5. The average Bonchev–Trinajstić information content (AvgIpc) is 2.28. The SMILES string of the molecule is CC(C)NCC(=O)Nc1cc(C(F)(F)F)ccc1O. The van der Waals surface area contributed by atoms with E-state index in [1.54, 1.807) is 0 Å². The number of hydrogen-bond acceptors (Lipinski definition) is 3. The summed E-state index contributed by atoms with van der Waals surface area (Å²) in [5.74, 6) is -0.936. The Morgan fingerprint density at radius 2 is 2.00 bits per heavy atom. The van der Waals surface area contributed by atoms with Gasteiger partial charge < -0.3 is 15.7 Å². The van der Waals surface area contributed by atoms with Crippen molar-refractivity contribution < 1.29 is 23.1 Å². The maximum absolute atomic E-state index is 12.5. The summed E-state index contributed by atoms with van der Waals surface area (Å²) in [6, 6.07) is 2.41. The van der Waals surface area contributed by atoms with Gasteiger partial charge in [-0.05, 0) is 18.2 Å². The number of hydrogen-bond donors (Lipinski definition) is 3. The van der Waals surface area contributed by atoms with Crippen molar-refractivity contribution in [2.24, 2.45) is 0 Å². The van der Waals surface area contributed by atoms with Crippen molar-refractivity contribution in [1.82, 2.24) is 5.32 Å². The van der Waals surface area contributed by atoms with Crippen molar-refractivity contribution >= 4 is 11.6 Å². The Hall–Kier alpha value is -1.76. The number of benzene rings is 1. The Balaban J connectivity index is 2.80. The van der Waals surface area contributed by atoms with E-state index in [4.69, 9.17) is 0 Å². The Morgan fingerprint density at radius 3 is 2.53 bits per heavy atom. The first kappa shape index (κ1) is 15.3. The Kier molecular flexibility index (Phi) is 4.77. The predicted octanol–water partition coefficient (Wildman–Crippen LogP) is 2.35. The van der Waals surface area contributed by atoms with Crippen LogP contribution in [0.5, 0.6) is 5.75 Å². The number of aromatic hydroxyl groups is 1. The van der Waals surface area contributed by atoms with Crippen molar-refractivity contribution in [2.75, 3.05) is 11.9 Å². The van der Waals surface area contributed by atoms with E-state index in [-0.39, 0.29) is 18.3 Å². The van der Waals surface area contributed by atoms with Crippen LogP contribution in [0.15, 0.2) is 18.2 Å². The van der Waals surface area contributed by atoms with Gasteiger partial charge in [0.2, 0.25) is 5.91 Å². The minimum absolute atomic E-state index is 0.0483. The molecule has 106 valence electrons. The highest BCUT2D eigenvalue weighted by atomic mass is 19.4. The van der Waals surface area contributed by atoms with Gasteiger partial charge in [0.25, 0.3) is 0 Å². The Labute approximate surface area is 108 Å². The molecular weight excluding hydrogens is 261 g/mol. The summed E-state index contributed by atoms with van der Waals surface area (Å²) in [5.41, 5.74) is -1.19. The predicted molar refractivity (Wildman–Crippen MR) is 64.9 cm³/mol. The second-order valence-electron chi connectivity index (χ2n) is 4.31. The molecule has 0 atom stereocenters. The molecule has 0 aliphatic rings. The number of phenolic OH excluding ortho intramolecular Hbond substituents is 1. The largest absolute Gasteiger partial charge is 0.506 e. The number of rotatable bonds is 4. The molecule has 0 heterocycles. The first-order chi connectivity index (χ1) is 8.70. The van der Waals surface area contributed by atoms with E-state index in [0.29, 0.717) is 6.07 Å². The highest BCUT2D eigenvalue weighted by Crippen LogP contribution is 2.34. The quantitative estimate of drug-likeness (QED) is 0.740. The normalized spacial score (nSPS) is 11.7. The minimum Gasteiger partial charge on any atom is -0.506 e. The topological polar surface area (TPSA) is 61.4 Å². The van der Waals surface area contributed by atoms with Crippen LogP contribution in [-0.4, -0.2) is 23.6 Å². The van der Waals surface area contributed by atoms with Crippen LogP contribution in [0.4, 0.5) is 18.9 Å². The molecule has 3 N–H and O–H groups in total. The average molecular weight is 276 g/mol. The zero-order valence-electron chi connectivity index (χ0n) is 10.5. The summed E-state index contributed by atoms with van der Waals surface area (Å²) in [6.07, 6.45) is -4.52. The van der Waals surface area contributed by atoms with E-state index in [2.05, 4.69) is 10.6 Å². The van der Waals surface area contributed by atoms with Crippen molar-refractivity contribution in [1.29, 1.82) is 0 Å². The van der Waals surface area contributed by atoms with Gasteiger partial charge in [0.15, 0.2) is 0 Å². The number of halogens is 3. The summed E-state index contributed by atoms with van der Waals surface area (Å²) in [4.78, 5) is 11.5. The molecule has 0 radical (unpaired) electrons. The zero-order chi connectivity index (χ0) is 14.6. The van der Waals surface area contributed by atoms with Crippen LogP contribution >= 0.6 is 0 Å². The third kappa shape index (κ3) is 4.78. The van der Waals surface area contributed by atoms with Gasteiger partial charge in [0, 0.05) is 6.04 Å². The molecule has 1 aromatic rings. The van der Waals surface area contributed by atoms with E-state index >= 15 is 0 Å². The lowest BCUT2D eigenvalue weighted by molar-refractivity contribution is -0.137. The Bertz CT molecular complexity index is 459. The summed E-state index contributed by atoms with van der Waals surface area (Å²) in [5, 5.41) is 14.5.